The third kappa shape index (κ3) is 2.72. The van der Waals surface area contributed by atoms with Gasteiger partial charge in [-0.1, -0.05) is 18.2 Å². The topological polar surface area (TPSA) is 55.5 Å². The predicted molar refractivity (Wildman–Crippen MR) is 56.3 cm³/mol. The van der Waals surface area contributed by atoms with Gasteiger partial charge in [0, 0.05) is 6.61 Å². The number of aliphatic hydroxyl groups excluding tert-OH is 1. The van der Waals surface area contributed by atoms with Gasteiger partial charge in [-0.05, 0) is 30.5 Å². The minimum absolute atomic E-state index is 0.117. The van der Waals surface area contributed by atoms with Gasteiger partial charge < -0.3 is 15.6 Å². The Hall–Kier alpha value is -1.06. The number of para-hydroxylation sites is 1. The lowest BCUT2D eigenvalue weighted by Crippen LogP contribution is -2.20. The molecule has 0 saturated heterocycles. The molecule has 3 N–H and O–H groups in total. The molecule has 0 aliphatic heterocycles. The fraction of sp³-hybridized carbons (Fsp3) is 0.455. The highest BCUT2D eigenvalue weighted by atomic mass is 16.5. The van der Waals surface area contributed by atoms with Crippen LogP contribution in [0.1, 0.15) is 5.56 Å². The van der Waals surface area contributed by atoms with E-state index in [1.165, 1.54) is 0 Å². The standard InChI is InChI=1S/C11H17NO2/c1-14-11-5-3-2-4-10(11)6-9(7-12)8-13/h2-5,9,13H,6-8,12H2,1H3/t9-/m1/s1. The van der Waals surface area contributed by atoms with E-state index in [9.17, 15) is 0 Å². The van der Waals surface area contributed by atoms with Crippen molar-refractivity contribution in [1.29, 1.82) is 0 Å². The summed E-state index contributed by atoms with van der Waals surface area (Å²) in [5.41, 5.74) is 6.62. The summed E-state index contributed by atoms with van der Waals surface area (Å²) in [5, 5.41) is 9.03. The molecule has 0 aliphatic carbocycles. The third-order valence-electron chi connectivity index (χ3n) is 2.29. The maximum Gasteiger partial charge on any atom is 0.122 e. The molecular formula is C11H17NO2. The highest BCUT2D eigenvalue weighted by Gasteiger charge is 2.09. The number of benzene rings is 1. The van der Waals surface area contributed by atoms with Crippen molar-refractivity contribution in [3.05, 3.63) is 29.8 Å². The summed E-state index contributed by atoms with van der Waals surface area (Å²) in [7, 11) is 1.65. The summed E-state index contributed by atoms with van der Waals surface area (Å²) < 4.78 is 5.21. The fourth-order valence-corrected chi connectivity index (χ4v) is 1.41. The molecule has 0 aliphatic rings. The van der Waals surface area contributed by atoms with Crippen LogP contribution in [0.3, 0.4) is 0 Å². The SMILES string of the molecule is COc1ccccc1C[C@H](CN)CO. The van der Waals surface area contributed by atoms with Gasteiger partial charge in [-0.3, -0.25) is 0 Å². The second-order valence-electron chi connectivity index (χ2n) is 3.30. The monoisotopic (exact) mass is 195 g/mol. The largest absolute Gasteiger partial charge is 0.496 e. The minimum atomic E-state index is 0.117. The first-order valence-corrected chi connectivity index (χ1v) is 4.74. The molecule has 1 aromatic rings. The average Bonchev–Trinajstić information content (AvgIpc) is 2.26. The third-order valence-corrected chi connectivity index (χ3v) is 2.29. The van der Waals surface area contributed by atoms with E-state index in [2.05, 4.69) is 0 Å². The van der Waals surface area contributed by atoms with Crippen LogP contribution in [0.4, 0.5) is 0 Å². The number of nitrogens with two attached hydrogens (primary N) is 1. The number of hydrogen-bond donors (Lipinski definition) is 2. The molecule has 78 valence electrons. The van der Waals surface area contributed by atoms with Gasteiger partial charge in [-0.25, -0.2) is 0 Å². The molecule has 3 heteroatoms. The number of aliphatic hydroxyl groups is 1. The molecule has 0 heterocycles. The Balaban J connectivity index is 2.74. The number of rotatable bonds is 5. The summed E-state index contributed by atoms with van der Waals surface area (Å²) in [4.78, 5) is 0. The summed E-state index contributed by atoms with van der Waals surface area (Å²) in [6.45, 7) is 0.614. The Bertz CT molecular complexity index is 272. The van der Waals surface area contributed by atoms with Gasteiger partial charge in [0.25, 0.3) is 0 Å². The van der Waals surface area contributed by atoms with Gasteiger partial charge in [0.1, 0.15) is 5.75 Å². The molecule has 1 aromatic carbocycles. The molecule has 0 spiro atoms. The maximum absolute atomic E-state index is 9.03. The van der Waals surface area contributed by atoms with Crippen LogP contribution in [0.15, 0.2) is 24.3 Å². The Morgan fingerprint density at radius 2 is 2.14 bits per heavy atom. The molecular weight excluding hydrogens is 178 g/mol. The molecule has 0 amide bonds. The van der Waals surface area contributed by atoms with E-state index < -0.39 is 0 Å². The first-order chi connectivity index (χ1) is 6.81. The molecule has 1 rings (SSSR count). The zero-order valence-electron chi connectivity index (χ0n) is 8.44. The zero-order valence-corrected chi connectivity index (χ0v) is 8.44. The van der Waals surface area contributed by atoms with Gasteiger partial charge >= 0.3 is 0 Å². The number of ether oxygens (including phenoxy) is 1. The number of methoxy groups -OCH3 is 1. The zero-order chi connectivity index (χ0) is 10.4. The normalized spacial score (nSPS) is 12.5. The van der Waals surface area contributed by atoms with E-state index in [0.717, 1.165) is 17.7 Å². The molecule has 3 nitrogen and oxygen atoms in total. The summed E-state index contributed by atoms with van der Waals surface area (Å²) in [6.07, 6.45) is 0.761. The van der Waals surface area contributed by atoms with Crippen LogP contribution in [0.25, 0.3) is 0 Å². The van der Waals surface area contributed by atoms with E-state index in [0.29, 0.717) is 6.54 Å². The minimum Gasteiger partial charge on any atom is -0.496 e. The van der Waals surface area contributed by atoms with E-state index in [-0.39, 0.29) is 12.5 Å². The van der Waals surface area contributed by atoms with Gasteiger partial charge in [0.05, 0.1) is 7.11 Å². The molecule has 14 heavy (non-hydrogen) atoms. The average molecular weight is 195 g/mol. The fourth-order valence-electron chi connectivity index (χ4n) is 1.41. The predicted octanol–water partition coefficient (Wildman–Crippen LogP) is 0.805. The lowest BCUT2D eigenvalue weighted by atomic mass is 9.99. The lowest BCUT2D eigenvalue weighted by molar-refractivity contribution is 0.229. The van der Waals surface area contributed by atoms with Crippen molar-refractivity contribution in [2.24, 2.45) is 11.7 Å². The maximum atomic E-state index is 9.03. The Labute approximate surface area is 84.5 Å². The molecule has 1 atom stereocenters. The van der Waals surface area contributed by atoms with Crippen LogP contribution in [-0.2, 0) is 6.42 Å². The van der Waals surface area contributed by atoms with Gasteiger partial charge in [-0.2, -0.15) is 0 Å². The molecule has 0 bridgehead atoms. The first kappa shape index (κ1) is 11.0. The summed E-state index contributed by atoms with van der Waals surface area (Å²) in [6, 6.07) is 7.80. The van der Waals surface area contributed by atoms with Crippen molar-refractivity contribution < 1.29 is 9.84 Å². The quantitative estimate of drug-likeness (QED) is 0.731. The van der Waals surface area contributed by atoms with Crippen LogP contribution < -0.4 is 10.5 Å². The first-order valence-electron chi connectivity index (χ1n) is 4.74. The summed E-state index contributed by atoms with van der Waals surface area (Å²) >= 11 is 0. The van der Waals surface area contributed by atoms with Gasteiger partial charge in [-0.15, -0.1) is 0 Å². The van der Waals surface area contributed by atoms with E-state index >= 15 is 0 Å². The van der Waals surface area contributed by atoms with Crippen molar-refractivity contribution in [1.82, 2.24) is 0 Å². The van der Waals surface area contributed by atoms with Crippen molar-refractivity contribution >= 4 is 0 Å². The molecule has 0 saturated carbocycles. The van der Waals surface area contributed by atoms with Crippen molar-refractivity contribution in [2.45, 2.75) is 6.42 Å². The van der Waals surface area contributed by atoms with E-state index in [1.54, 1.807) is 7.11 Å². The lowest BCUT2D eigenvalue weighted by Gasteiger charge is -2.13. The molecule has 0 fully saturated rings. The van der Waals surface area contributed by atoms with Crippen molar-refractivity contribution in [3.8, 4) is 5.75 Å². The van der Waals surface area contributed by atoms with Crippen molar-refractivity contribution in [2.75, 3.05) is 20.3 Å². The van der Waals surface area contributed by atoms with Crippen LogP contribution >= 0.6 is 0 Å². The summed E-state index contributed by atoms with van der Waals surface area (Å²) in [5.74, 6) is 0.977. The van der Waals surface area contributed by atoms with E-state index in [4.69, 9.17) is 15.6 Å². The Morgan fingerprint density at radius 1 is 1.43 bits per heavy atom. The highest BCUT2D eigenvalue weighted by molar-refractivity contribution is 5.33. The Kier molecular flexibility index (Phi) is 4.43. The van der Waals surface area contributed by atoms with Crippen LogP contribution in [-0.4, -0.2) is 25.4 Å². The second-order valence-corrected chi connectivity index (χ2v) is 3.30. The highest BCUT2D eigenvalue weighted by Crippen LogP contribution is 2.20. The number of hydrogen-bond acceptors (Lipinski definition) is 3. The molecule has 0 aromatic heterocycles. The molecule has 0 radical (unpaired) electrons. The van der Waals surface area contributed by atoms with E-state index in [1.807, 2.05) is 24.3 Å². The molecule has 0 unspecified atom stereocenters. The second kappa shape index (κ2) is 5.62. The van der Waals surface area contributed by atoms with Gasteiger partial charge in [0.2, 0.25) is 0 Å². The van der Waals surface area contributed by atoms with Crippen LogP contribution in [0.5, 0.6) is 5.75 Å². The van der Waals surface area contributed by atoms with Gasteiger partial charge in [0.15, 0.2) is 0 Å². The van der Waals surface area contributed by atoms with Crippen LogP contribution in [0.2, 0.25) is 0 Å². The van der Waals surface area contributed by atoms with Crippen molar-refractivity contribution in [3.63, 3.8) is 0 Å². The van der Waals surface area contributed by atoms with Crippen LogP contribution in [0, 0.1) is 5.92 Å². The Morgan fingerprint density at radius 3 is 2.71 bits per heavy atom. The smallest absolute Gasteiger partial charge is 0.122 e.